The molecule has 0 radical (unpaired) electrons. The van der Waals surface area contributed by atoms with Crippen LogP contribution < -0.4 is 5.32 Å². The van der Waals surface area contributed by atoms with Crippen LogP contribution in [0.2, 0.25) is 0 Å². The van der Waals surface area contributed by atoms with Gasteiger partial charge in [-0.25, -0.2) is 0 Å². The molecule has 1 aliphatic rings. The van der Waals surface area contributed by atoms with Crippen LogP contribution in [0.15, 0.2) is 24.3 Å². The second kappa shape index (κ2) is 7.49. The van der Waals surface area contributed by atoms with E-state index in [-0.39, 0.29) is 23.3 Å². The van der Waals surface area contributed by atoms with Crippen LogP contribution in [0.5, 0.6) is 0 Å². The number of nitro benzene ring substituents is 1. The molecule has 1 saturated heterocycles. The van der Waals surface area contributed by atoms with Gasteiger partial charge in [0.25, 0.3) is 5.69 Å². The number of non-ortho nitro benzene ring substituents is 1. The minimum absolute atomic E-state index is 0.108. The molecule has 0 aliphatic carbocycles. The summed E-state index contributed by atoms with van der Waals surface area (Å²) >= 11 is 0. The topological polar surface area (TPSA) is 78.6 Å². The van der Waals surface area contributed by atoms with E-state index in [9.17, 15) is 15.2 Å². The third-order valence-corrected chi connectivity index (χ3v) is 4.14. The highest BCUT2D eigenvalue weighted by Crippen LogP contribution is 2.23. The van der Waals surface area contributed by atoms with E-state index in [1.807, 2.05) is 0 Å². The summed E-state index contributed by atoms with van der Waals surface area (Å²) in [5, 5.41) is 23.4. The molecule has 2 N–H and O–H groups in total. The monoisotopic (exact) mass is 293 g/mol. The second-order valence-corrected chi connectivity index (χ2v) is 5.54. The molecule has 1 heterocycles. The minimum Gasteiger partial charge on any atom is -0.395 e. The van der Waals surface area contributed by atoms with E-state index >= 15 is 0 Å². The Bertz CT molecular complexity index is 458. The number of nitrogens with one attached hydrogen (secondary N) is 1. The Labute approximate surface area is 124 Å². The number of aliphatic hydroxyl groups excluding tert-OH is 1. The van der Waals surface area contributed by atoms with E-state index in [2.05, 4.69) is 17.1 Å². The fourth-order valence-electron chi connectivity index (χ4n) is 2.85. The van der Waals surface area contributed by atoms with Crippen LogP contribution in [-0.2, 0) is 0 Å². The average Bonchev–Trinajstić information content (AvgIpc) is 2.99. The predicted octanol–water partition coefficient (Wildman–Crippen LogP) is 1.70. The largest absolute Gasteiger partial charge is 0.395 e. The van der Waals surface area contributed by atoms with Crippen molar-refractivity contribution in [3.8, 4) is 0 Å². The molecule has 1 aromatic carbocycles. The summed E-state index contributed by atoms with van der Waals surface area (Å²) < 4.78 is 0. The van der Waals surface area contributed by atoms with Crippen LogP contribution in [0, 0.1) is 10.1 Å². The average molecular weight is 293 g/mol. The van der Waals surface area contributed by atoms with Gasteiger partial charge in [0.15, 0.2) is 0 Å². The van der Waals surface area contributed by atoms with Crippen molar-refractivity contribution in [3.63, 3.8) is 0 Å². The van der Waals surface area contributed by atoms with Gasteiger partial charge in [-0.15, -0.1) is 0 Å². The van der Waals surface area contributed by atoms with Crippen molar-refractivity contribution in [3.05, 3.63) is 39.9 Å². The van der Waals surface area contributed by atoms with Gasteiger partial charge >= 0.3 is 0 Å². The summed E-state index contributed by atoms with van der Waals surface area (Å²) in [6.45, 7) is 4.74. The first kappa shape index (κ1) is 15.9. The van der Waals surface area contributed by atoms with Crippen molar-refractivity contribution >= 4 is 5.69 Å². The Hall–Kier alpha value is -1.50. The molecule has 0 spiro atoms. The molecule has 6 nitrogen and oxygen atoms in total. The molecule has 2 unspecified atom stereocenters. The van der Waals surface area contributed by atoms with Crippen molar-refractivity contribution in [1.29, 1.82) is 0 Å². The first-order valence-corrected chi connectivity index (χ1v) is 7.44. The molecule has 0 amide bonds. The molecule has 2 rings (SSSR count). The summed E-state index contributed by atoms with van der Waals surface area (Å²) in [6, 6.07) is 7.27. The standard InChI is InChI=1S/C15H23N3O3/c1-12(13-4-6-15(7-5-13)18(20)21)17(9-10-19)11-14-3-2-8-16-14/h4-7,12,14,16,19H,2-3,8-11H2,1H3. The number of benzene rings is 1. The number of nitrogens with zero attached hydrogens (tertiary/aromatic N) is 2. The smallest absolute Gasteiger partial charge is 0.269 e. The summed E-state index contributed by atoms with van der Waals surface area (Å²) in [5.74, 6) is 0. The second-order valence-electron chi connectivity index (χ2n) is 5.54. The van der Waals surface area contributed by atoms with Crippen LogP contribution in [-0.4, -0.2) is 47.2 Å². The van der Waals surface area contributed by atoms with E-state index in [0.717, 1.165) is 25.1 Å². The number of nitro groups is 1. The molecule has 21 heavy (non-hydrogen) atoms. The fourth-order valence-corrected chi connectivity index (χ4v) is 2.85. The van der Waals surface area contributed by atoms with Crippen molar-refractivity contribution < 1.29 is 10.0 Å². The third kappa shape index (κ3) is 4.23. The highest BCUT2D eigenvalue weighted by molar-refractivity contribution is 5.34. The lowest BCUT2D eigenvalue weighted by Crippen LogP contribution is -2.40. The Balaban J connectivity index is 2.05. The molecule has 0 bridgehead atoms. The van der Waals surface area contributed by atoms with Gasteiger partial charge in [-0.1, -0.05) is 12.1 Å². The Morgan fingerprint density at radius 1 is 1.48 bits per heavy atom. The van der Waals surface area contributed by atoms with Gasteiger partial charge in [-0.05, 0) is 31.9 Å². The van der Waals surface area contributed by atoms with Gasteiger partial charge in [0.05, 0.1) is 11.5 Å². The normalized spacial score (nSPS) is 19.9. The zero-order valence-corrected chi connectivity index (χ0v) is 12.4. The van der Waals surface area contributed by atoms with Crippen LogP contribution >= 0.6 is 0 Å². The highest BCUT2D eigenvalue weighted by Gasteiger charge is 2.22. The maximum atomic E-state index is 10.7. The first-order chi connectivity index (χ1) is 10.1. The lowest BCUT2D eigenvalue weighted by atomic mass is 10.1. The van der Waals surface area contributed by atoms with Gasteiger partial charge < -0.3 is 10.4 Å². The Morgan fingerprint density at radius 3 is 2.71 bits per heavy atom. The zero-order chi connectivity index (χ0) is 15.2. The number of rotatable bonds is 7. The zero-order valence-electron chi connectivity index (χ0n) is 12.4. The van der Waals surface area contributed by atoms with Crippen LogP contribution in [0.1, 0.15) is 31.4 Å². The molecule has 0 aromatic heterocycles. The number of hydrogen-bond acceptors (Lipinski definition) is 5. The molecule has 1 aromatic rings. The molecule has 116 valence electrons. The fraction of sp³-hybridized carbons (Fsp3) is 0.600. The molecular weight excluding hydrogens is 270 g/mol. The number of aliphatic hydroxyl groups is 1. The van der Waals surface area contributed by atoms with E-state index in [0.29, 0.717) is 12.6 Å². The quantitative estimate of drug-likeness (QED) is 0.591. The third-order valence-electron chi connectivity index (χ3n) is 4.14. The highest BCUT2D eigenvalue weighted by atomic mass is 16.6. The van der Waals surface area contributed by atoms with E-state index < -0.39 is 0 Å². The molecule has 2 atom stereocenters. The van der Waals surface area contributed by atoms with E-state index in [1.54, 1.807) is 12.1 Å². The van der Waals surface area contributed by atoms with Crippen LogP contribution in [0.25, 0.3) is 0 Å². The maximum Gasteiger partial charge on any atom is 0.269 e. The maximum absolute atomic E-state index is 10.7. The SMILES string of the molecule is CC(c1ccc([N+](=O)[O-])cc1)N(CCO)CC1CCCN1. The summed E-state index contributed by atoms with van der Waals surface area (Å²) in [6.07, 6.45) is 2.36. The lowest BCUT2D eigenvalue weighted by Gasteiger charge is -2.31. The van der Waals surface area contributed by atoms with Crippen molar-refractivity contribution in [2.45, 2.75) is 31.8 Å². The Kier molecular flexibility index (Phi) is 5.67. The first-order valence-electron chi connectivity index (χ1n) is 7.44. The molecule has 1 fully saturated rings. The minimum atomic E-state index is -0.387. The Morgan fingerprint density at radius 2 is 2.19 bits per heavy atom. The summed E-state index contributed by atoms with van der Waals surface area (Å²) in [4.78, 5) is 12.5. The van der Waals surface area contributed by atoms with Gasteiger partial charge in [-0.3, -0.25) is 15.0 Å². The molecular formula is C15H23N3O3. The van der Waals surface area contributed by atoms with Crippen molar-refractivity contribution in [2.24, 2.45) is 0 Å². The van der Waals surface area contributed by atoms with Gasteiger partial charge in [-0.2, -0.15) is 0 Å². The van der Waals surface area contributed by atoms with Crippen molar-refractivity contribution in [1.82, 2.24) is 10.2 Å². The summed E-state index contributed by atoms with van der Waals surface area (Å²) in [5.41, 5.74) is 1.14. The van der Waals surface area contributed by atoms with E-state index in [1.165, 1.54) is 18.6 Å². The van der Waals surface area contributed by atoms with Crippen LogP contribution in [0.3, 0.4) is 0 Å². The summed E-state index contributed by atoms with van der Waals surface area (Å²) in [7, 11) is 0. The molecule has 6 heteroatoms. The van der Waals surface area contributed by atoms with E-state index in [4.69, 9.17) is 0 Å². The molecule has 1 aliphatic heterocycles. The van der Waals surface area contributed by atoms with Gasteiger partial charge in [0.2, 0.25) is 0 Å². The molecule has 0 saturated carbocycles. The van der Waals surface area contributed by atoms with Gasteiger partial charge in [0.1, 0.15) is 0 Å². The lowest BCUT2D eigenvalue weighted by molar-refractivity contribution is -0.384. The van der Waals surface area contributed by atoms with Crippen LogP contribution in [0.4, 0.5) is 5.69 Å². The number of hydrogen-bond donors (Lipinski definition) is 2. The predicted molar refractivity (Wildman–Crippen MR) is 81.2 cm³/mol. The van der Waals surface area contributed by atoms with Crippen molar-refractivity contribution in [2.75, 3.05) is 26.2 Å². The van der Waals surface area contributed by atoms with Gasteiger partial charge in [0, 0.05) is 37.3 Å².